The van der Waals surface area contributed by atoms with Crippen LogP contribution in [0.15, 0.2) is 18.2 Å². The number of phenols is 1. The maximum atomic E-state index is 13.6. The highest BCUT2D eigenvalue weighted by atomic mass is 19.1. The minimum absolute atomic E-state index is 0.0329. The van der Waals surface area contributed by atoms with Gasteiger partial charge in [-0.3, -0.25) is 0 Å². The molecule has 1 rings (SSSR count). The average Bonchev–Trinajstić information content (AvgIpc) is 2.27. The van der Waals surface area contributed by atoms with E-state index in [-0.39, 0.29) is 17.6 Å². The van der Waals surface area contributed by atoms with E-state index in [2.05, 4.69) is 24.3 Å². The van der Waals surface area contributed by atoms with Gasteiger partial charge in [0, 0.05) is 17.7 Å². The molecule has 0 heterocycles. The van der Waals surface area contributed by atoms with E-state index in [4.69, 9.17) is 5.11 Å². The van der Waals surface area contributed by atoms with Gasteiger partial charge >= 0.3 is 0 Å². The van der Waals surface area contributed by atoms with Crippen molar-refractivity contribution in [1.29, 1.82) is 0 Å². The summed E-state index contributed by atoms with van der Waals surface area (Å²) in [6.07, 6.45) is 2.20. The molecule has 0 aliphatic carbocycles. The van der Waals surface area contributed by atoms with E-state index in [1.807, 2.05) is 6.92 Å². The third-order valence-electron chi connectivity index (χ3n) is 2.93. The molecule has 0 aromatic heterocycles. The first-order chi connectivity index (χ1) is 8.50. The molecule has 0 amide bonds. The van der Waals surface area contributed by atoms with Gasteiger partial charge in [0.05, 0.1) is 0 Å². The molecule has 0 saturated carbocycles. The second-order valence-electron chi connectivity index (χ2n) is 4.89. The molecule has 0 radical (unpaired) electrons. The van der Waals surface area contributed by atoms with Crippen molar-refractivity contribution in [2.45, 2.75) is 25.8 Å². The van der Waals surface area contributed by atoms with Crippen LogP contribution in [0.5, 0.6) is 5.75 Å². The van der Waals surface area contributed by atoms with E-state index in [9.17, 15) is 4.39 Å². The summed E-state index contributed by atoms with van der Waals surface area (Å²) in [5, 5.41) is 12.4. The fraction of sp³-hybridized carbons (Fsp3) is 0.571. The second-order valence-corrected chi connectivity index (χ2v) is 4.89. The van der Waals surface area contributed by atoms with Crippen LogP contribution in [0.2, 0.25) is 0 Å². The van der Waals surface area contributed by atoms with Gasteiger partial charge in [-0.15, -0.1) is 0 Å². The normalized spacial score (nSPS) is 12.9. The summed E-state index contributed by atoms with van der Waals surface area (Å²) in [6.45, 7) is 3.88. The molecule has 1 atom stereocenters. The van der Waals surface area contributed by atoms with Crippen LogP contribution >= 0.6 is 0 Å². The maximum absolute atomic E-state index is 13.6. The number of rotatable bonds is 7. The molecule has 0 spiro atoms. The lowest BCUT2D eigenvalue weighted by molar-refractivity contribution is 0.388. The zero-order valence-electron chi connectivity index (χ0n) is 11.4. The first-order valence-corrected chi connectivity index (χ1v) is 6.37. The molecule has 1 unspecified atom stereocenters. The molecule has 0 bridgehead atoms. The van der Waals surface area contributed by atoms with Gasteiger partial charge in [0.15, 0.2) is 0 Å². The van der Waals surface area contributed by atoms with Crippen molar-refractivity contribution in [2.24, 2.45) is 0 Å². The number of nitrogens with zero attached hydrogens (tertiary/aromatic N) is 1. The van der Waals surface area contributed by atoms with Gasteiger partial charge in [0.25, 0.3) is 0 Å². The minimum atomic E-state index is -0.358. The quantitative estimate of drug-likeness (QED) is 0.734. The summed E-state index contributed by atoms with van der Waals surface area (Å²) in [6, 6.07) is 4.26. The molecule has 0 aliphatic heterocycles. The Morgan fingerprint density at radius 3 is 2.67 bits per heavy atom. The first-order valence-electron chi connectivity index (χ1n) is 6.37. The highest BCUT2D eigenvalue weighted by molar-refractivity contribution is 5.29. The fourth-order valence-corrected chi connectivity index (χ4v) is 1.85. The zero-order chi connectivity index (χ0) is 13.5. The monoisotopic (exact) mass is 254 g/mol. The van der Waals surface area contributed by atoms with Crippen LogP contribution in [0, 0.1) is 5.82 Å². The summed E-state index contributed by atoms with van der Waals surface area (Å²) in [4.78, 5) is 2.16. The molecule has 102 valence electrons. The molecule has 3 nitrogen and oxygen atoms in total. The summed E-state index contributed by atoms with van der Waals surface area (Å²) in [5.74, 6) is -0.391. The largest absolute Gasteiger partial charge is 0.508 e. The number of hydrogen-bond donors (Lipinski definition) is 2. The molecule has 0 aliphatic rings. The van der Waals surface area contributed by atoms with Crippen LogP contribution in [0.3, 0.4) is 0 Å². The number of hydrogen-bond acceptors (Lipinski definition) is 3. The summed E-state index contributed by atoms with van der Waals surface area (Å²) < 4.78 is 13.6. The molecule has 0 fully saturated rings. The van der Waals surface area contributed by atoms with Crippen LogP contribution in [-0.4, -0.2) is 37.2 Å². The molecule has 1 aromatic carbocycles. The Kier molecular flexibility index (Phi) is 6.09. The standard InChI is InChI=1S/C14H23FN2O/c1-11(16-8-4-5-9-17(2)3)13-7-6-12(18)10-14(13)15/h6-7,10-11,16,18H,4-5,8-9H2,1-3H3. The predicted molar refractivity (Wildman–Crippen MR) is 72.3 cm³/mol. The third kappa shape index (κ3) is 5.02. The molecular formula is C14H23FN2O. The first kappa shape index (κ1) is 14.9. The summed E-state index contributed by atoms with van der Waals surface area (Å²) in [7, 11) is 4.11. The van der Waals surface area contributed by atoms with Crippen molar-refractivity contribution < 1.29 is 9.50 Å². The van der Waals surface area contributed by atoms with E-state index in [1.165, 1.54) is 6.07 Å². The number of benzene rings is 1. The Labute approximate surface area is 109 Å². The Hall–Kier alpha value is -1.13. The molecule has 0 saturated heterocycles. The van der Waals surface area contributed by atoms with Crippen molar-refractivity contribution in [1.82, 2.24) is 10.2 Å². The molecule has 1 aromatic rings. The summed E-state index contributed by atoms with van der Waals surface area (Å²) in [5.41, 5.74) is 0.598. The van der Waals surface area contributed by atoms with Gasteiger partial charge in [-0.1, -0.05) is 6.07 Å². The number of nitrogens with one attached hydrogen (secondary N) is 1. The van der Waals surface area contributed by atoms with Crippen LogP contribution in [0.4, 0.5) is 4.39 Å². The van der Waals surface area contributed by atoms with Crippen LogP contribution < -0.4 is 5.32 Å². The van der Waals surface area contributed by atoms with Crippen molar-refractivity contribution in [3.8, 4) is 5.75 Å². The topological polar surface area (TPSA) is 35.5 Å². The fourth-order valence-electron chi connectivity index (χ4n) is 1.85. The highest BCUT2D eigenvalue weighted by Gasteiger charge is 2.10. The Balaban J connectivity index is 2.34. The third-order valence-corrected chi connectivity index (χ3v) is 2.93. The van der Waals surface area contributed by atoms with Gasteiger partial charge in [-0.25, -0.2) is 4.39 Å². The van der Waals surface area contributed by atoms with E-state index in [1.54, 1.807) is 6.07 Å². The Morgan fingerprint density at radius 1 is 1.33 bits per heavy atom. The Bertz CT molecular complexity index is 369. The van der Waals surface area contributed by atoms with E-state index < -0.39 is 0 Å². The van der Waals surface area contributed by atoms with E-state index in [0.717, 1.165) is 32.0 Å². The van der Waals surface area contributed by atoms with Crippen LogP contribution in [0.1, 0.15) is 31.4 Å². The number of aromatic hydroxyl groups is 1. The van der Waals surface area contributed by atoms with Crippen LogP contribution in [0.25, 0.3) is 0 Å². The number of unbranched alkanes of at least 4 members (excludes halogenated alkanes) is 1. The number of phenolic OH excluding ortho intramolecular Hbond substituents is 1. The number of halogens is 1. The average molecular weight is 254 g/mol. The minimum Gasteiger partial charge on any atom is -0.508 e. The van der Waals surface area contributed by atoms with Crippen molar-refractivity contribution >= 4 is 0 Å². The van der Waals surface area contributed by atoms with Crippen molar-refractivity contribution in [3.05, 3.63) is 29.6 Å². The molecular weight excluding hydrogens is 231 g/mol. The van der Waals surface area contributed by atoms with Crippen molar-refractivity contribution in [3.63, 3.8) is 0 Å². The summed E-state index contributed by atoms with van der Waals surface area (Å²) >= 11 is 0. The zero-order valence-corrected chi connectivity index (χ0v) is 11.4. The molecule has 4 heteroatoms. The SMILES string of the molecule is CC(NCCCCN(C)C)c1ccc(O)cc1F. The highest BCUT2D eigenvalue weighted by Crippen LogP contribution is 2.20. The van der Waals surface area contributed by atoms with Crippen LogP contribution in [-0.2, 0) is 0 Å². The predicted octanol–water partition coefficient (Wildman–Crippen LogP) is 2.52. The lowest BCUT2D eigenvalue weighted by Crippen LogP contribution is -2.22. The van der Waals surface area contributed by atoms with Gasteiger partial charge < -0.3 is 15.3 Å². The smallest absolute Gasteiger partial charge is 0.131 e. The van der Waals surface area contributed by atoms with Gasteiger partial charge in [0.1, 0.15) is 11.6 Å². The van der Waals surface area contributed by atoms with E-state index in [0.29, 0.717) is 5.56 Å². The maximum Gasteiger partial charge on any atom is 0.131 e. The lowest BCUT2D eigenvalue weighted by atomic mass is 10.1. The van der Waals surface area contributed by atoms with Gasteiger partial charge in [-0.05, 0) is 53.0 Å². The Morgan fingerprint density at radius 2 is 2.06 bits per heavy atom. The second kappa shape index (κ2) is 7.34. The van der Waals surface area contributed by atoms with Gasteiger partial charge in [-0.2, -0.15) is 0 Å². The lowest BCUT2D eigenvalue weighted by Gasteiger charge is -2.15. The van der Waals surface area contributed by atoms with E-state index >= 15 is 0 Å². The molecule has 18 heavy (non-hydrogen) atoms. The van der Waals surface area contributed by atoms with Crippen molar-refractivity contribution in [2.75, 3.05) is 27.2 Å². The molecule has 2 N–H and O–H groups in total. The van der Waals surface area contributed by atoms with Gasteiger partial charge in [0.2, 0.25) is 0 Å².